The first-order valence-corrected chi connectivity index (χ1v) is 5.78. The third-order valence-electron chi connectivity index (χ3n) is 3.37. The molecule has 1 saturated carbocycles. The minimum Gasteiger partial charge on any atom is -0.330 e. The second kappa shape index (κ2) is 5.61. The average molecular weight is 184 g/mol. The van der Waals surface area contributed by atoms with Crippen LogP contribution < -0.4 is 11.1 Å². The molecule has 0 amide bonds. The standard InChI is InChI=1S/C11H24N2/c1-2-11(7-6-8-11)13-10-5-3-4-9-12/h13H,2-10,12H2,1H3. The normalized spacial score (nSPS) is 19.8. The maximum Gasteiger partial charge on any atom is 0.0178 e. The molecule has 78 valence electrons. The van der Waals surface area contributed by atoms with Crippen molar-refractivity contribution in [3.63, 3.8) is 0 Å². The number of hydrogen-bond donors (Lipinski definition) is 2. The van der Waals surface area contributed by atoms with Crippen molar-refractivity contribution in [2.24, 2.45) is 5.73 Å². The molecule has 1 aliphatic carbocycles. The van der Waals surface area contributed by atoms with E-state index in [1.165, 1.54) is 51.5 Å². The van der Waals surface area contributed by atoms with Crippen LogP contribution >= 0.6 is 0 Å². The first-order valence-electron chi connectivity index (χ1n) is 5.78. The Morgan fingerprint density at radius 1 is 1.23 bits per heavy atom. The molecule has 0 atom stereocenters. The Hall–Kier alpha value is -0.0800. The molecule has 0 aliphatic heterocycles. The molecule has 0 aromatic rings. The minimum atomic E-state index is 0.530. The van der Waals surface area contributed by atoms with Gasteiger partial charge in [0.1, 0.15) is 0 Å². The summed E-state index contributed by atoms with van der Waals surface area (Å²) in [5.74, 6) is 0. The fraction of sp³-hybridized carbons (Fsp3) is 1.00. The van der Waals surface area contributed by atoms with Gasteiger partial charge in [0, 0.05) is 5.54 Å². The molecule has 0 bridgehead atoms. The molecule has 0 heterocycles. The molecule has 0 aromatic carbocycles. The van der Waals surface area contributed by atoms with Crippen molar-refractivity contribution in [2.75, 3.05) is 13.1 Å². The summed E-state index contributed by atoms with van der Waals surface area (Å²) < 4.78 is 0. The van der Waals surface area contributed by atoms with Crippen LogP contribution in [0.3, 0.4) is 0 Å². The van der Waals surface area contributed by atoms with Crippen molar-refractivity contribution in [1.82, 2.24) is 5.32 Å². The fourth-order valence-corrected chi connectivity index (χ4v) is 2.06. The van der Waals surface area contributed by atoms with Crippen LogP contribution in [0.2, 0.25) is 0 Å². The van der Waals surface area contributed by atoms with Crippen LogP contribution in [-0.4, -0.2) is 18.6 Å². The number of nitrogens with two attached hydrogens (primary N) is 1. The van der Waals surface area contributed by atoms with Gasteiger partial charge < -0.3 is 11.1 Å². The number of nitrogens with one attached hydrogen (secondary N) is 1. The highest BCUT2D eigenvalue weighted by molar-refractivity contribution is 4.94. The zero-order valence-corrected chi connectivity index (χ0v) is 8.94. The first kappa shape index (κ1) is 11.0. The fourth-order valence-electron chi connectivity index (χ4n) is 2.06. The monoisotopic (exact) mass is 184 g/mol. The summed E-state index contributed by atoms with van der Waals surface area (Å²) in [6.07, 6.45) is 9.25. The Kier molecular flexibility index (Phi) is 4.74. The van der Waals surface area contributed by atoms with E-state index in [0.717, 1.165) is 6.54 Å². The molecule has 3 N–H and O–H groups in total. The van der Waals surface area contributed by atoms with E-state index in [9.17, 15) is 0 Å². The lowest BCUT2D eigenvalue weighted by molar-refractivity contribution is 0.177. The van der Waals surface area contributed by atoms with E-state index in [1.807, 2.05) is 0 Å². The van der Waals surface area contributed by atoms with Crippen molar-refractivity contribution in [1.29, 1.82) is 0 Å². The Labute approximate surface area is 82.3 Å². The molecule has 2 heteroatoms. The van der Waals surface area contributed by atoms with Gasteiger partial charge in [0.2, 0.25) is 0 Å². The molecular weight excluding hydrogens is 160 g/mol. The molecule has 0 saturated heterocycles. The maximum absolute atomic E-state index is 5.44. The van der Waals surface area contributed by atoms with Gasteiger partial charge in [-0.2, -0.15) is 0 Å². The predicted octanol–water partition coefficient (Wildman–Crippen LogP) is 2.04. The van der Waals surface area contributed by atoms with E-state index in [-0.39, 0.29) is 0 Å². The molecule has 1 fully saturated rings. The van der Waals surface area contributed by atoms with E-state index in [4.69, 9.17) is 5.73 Å². The molecule has 13 heavy (non-hydrogen) atoms. The third kappa shape index (κ3) is 3.28. The molecule has 0 spiro atoms. The Bertz CT molecular complexity index is 125. The summed E-state index contributed by atoms with van der Waals surface area (Å²) in [5.41, 5.74) is 5.97. The molecule has 1 rings (SSSR count). The summed E-state index contributed by atoms with van der Waals surface area (Å²) in [6.45, 7) is 4.33. The zero-order valence-electron chi connectivity index (χ0n) is 8.94. The van der Waals surface area contributed by atoms with Gasteiger partial charge in [-0.15, -0.1) is 0 Å². The van der Waals surface area contributed by atoms with Gasteiger partial charge in [0.15, 0.2) is 0 Å². The van der Waals surface area contributed by atoms with Gasteiger partial charge in [-0.25, -0.2) is 0 Å². The van der Waals surface area contributed by atoms with Crippen molar-refractivity contribution in [3.05, 3.63) is 0 Å². The quantitative estimate of drug-likeness (QED) is 0.594. The summed E-state index contributed by atoms with van der Waals surface area (Å²) >= 11 is 0. The second-order valence-corrected chi connectivity index (χ2v) is 4.26. The van der Waals surface area contributed by atoms with Crippen molar-refractivity contribution in [2.45, 2.75) is 57.4 Å². The van der Waals surface area contributed by atoms with E-state index in [1.54, 1.807) is 0 Å². The molecule has 1 aliphatic rings. The lowest BCUT2D eigenvalue weighted by atomic mass is 9.75. The van der Waals surface area contributed by atoms with Gasteiger partial charge in [-0.05, 0) is 51.6 Å². The largest absolute Gasteiger partial charge is 0.330 e. The van der Waals surface area contributed by atoms with Crippen molar-refractivity contribution >= 4 is 0 Å². The Morgan fingerprint density at radius 3 is 2.46 bits per heavy atom. The molecule has 2 nitrogen and oxygen atoms in total. The third-order valence-corrected chi connectivity index (χ3v) is 3.37. The first-order chi connectivity index (χ1) is 6.33. The molecule has 0 unspecified atom stereocenters. The Morgan fingerprint density at radius 2 is 2.00 bits per heavy atom. The van der Waals surface area contributed by atoms with E-state index >= 15 is 0 Å². The van der Waals surface area contributed by atoms with Crippen molar-refractivity contribution < 1.29 is 0 Å². The van der Waals surface area contributed by atoms with Crippen LogP contribution in [0.25, 0.3) is 0 Å². The molecule has 0 radical (unpaired) electrons. The predicted molar refractivity (Wildman–Crippen MR) is 57.8 cm³/mol. The molecule has 0 aromatic heterocycles. The van der Waals surface area contributed by atoms with E-state index in [0.29, 0.717) is 5.54 Å². The van der Waals surface area contributed by atoms with Gasteiger partial charge in [0.25, 0.3) is 0 Å². The second-order valence-electron chi connectivity index (χ2n) is 4.26. The van der Waals surface area contributed by atoms with Gasteiger partial charge in [0.05, 0.1) is 0 Å². The summed E-state index contributed by atoms with van der Waals surface area (Å²) in [4.78, 5) is 0. The highest BCUT2D eigenvalue weighted by Crippen LogP contribution is 2.34. The van der Waals surface area contributed by atoms with Crippen LogP contribution in [-0.2, 0) is 0 Å². The average Bonchev–Trinajstić information content (AvgIpc) is 2.09. The van der Waals surface area contributed by atoms with E-state index < -0.39 is 0 Å². The summed E-state index contributed by atoms with van der Waals surface area (Å²) in [7, 11) is 0. The van der Waals surface area contributed by atoms with Crippen LogP contribution in [0.1, 0.15) is 51.9 Å². The maximum atomic E-state index is 5.44. The summed E-state index contributed by atoms with van der Waals surface area (Å²) in [6, 6.07) is 0. The number of rotatable bonds is 7. The highest BCUT2D eigenvalue weighted by atomic mass is 15.0. The summed E-state index contributed by atoms with van der Waals surface area (Å²) in [5, 5.41) is 3.70. The van der Waals surface area contributed by atoms with Crippen LogP contribution in [0.15, 0.2) is 0 Å². The van der Waals surface area contributed by atoms with Crippen molar-refractivity contribution in [3.8, 4) is 0 Å². The zero-order chi connectivity index (χ0) is 9.57. The lowest BCUT2D eigenvalue weighted by Crippen LogP contribution is -2.50. The minimum absolute atomic E-state index is 0.530. The SMILES string of the molecule is CCC1(NCCCCCN)CCC1. The van der Waals surface area contributed by atoms with Gasteiger partial charge in [-0.3, -0.25) is 0 Å². The van der Waals surface area contributed by atoms with Gasteiger partial charge in [-0.1, -0.05) is 13.3 Å². The Balaban J connectivity index is 1.98. The lowest BCUT2D eigenvalue weighted by Gasteiger charge is -2.42. The van der Waals surface area contributed by atoms with E-state index in [2.05, 4.69) is 12.2 Å². The topological polar surface area (TPSA) is 38.0 Å². The van der Waals surface area contributed by atoms with Crippen LogP contribution in [0.4, 0.5) is 0 Å². The number of hydrogen-bond acceptors (Lipinski definition) is 2. The number of unbranched alkanes of at least 4 members (excludes halogenated alkanes) is 2. The molecular formula is C11H24N2. The van der Waals surface area contributed by atoms with Crippen LogP contribution in [0, 0.1) is 0 Å². The highest BCUT2D eigenvalue weighted by Gasteiger charge is 2.33. The van der Waals surface area contributed by atoms with Gasteiger partial charge >= 0.3 is 0 Å². The smallest absolute Gasteiger partial charge is 0.0178 e. The van der Waals surface area contributed by atoms with Crippen LogP contribution in [0.5, 0.6) is 0 Å².